The molecule has 0 radical (unpaired) electrons. The second-order valence-corrected chi connectivity index (χ2v) is 4.81. The van der Waals surface area contributed by atoms with E-state index >= 15 is 0 Å². The average molecular weight is 186 g/mol. The molecule has 0 bridgehead atoms. The maximum Gasteiger partial charge on any atom is 0.0568 e. The lowest BCUT2D eigenvalue weighted by Gasteiger charge is -2.52. The molecule has 0 unspecified atom stereocenters. The van der Waals surface area contributed by atoms with Gasteiger partial charge in [0.15, 0.2) is 0 Å². The van der Waals surface area contributed by atoms with Crippen LogP contribution in [0.3, 0.4) is 0 Å². The fourth-order valence-corrected chi connectivity index (χ4v) is 1.86. The number of hydrogen-bond donors (Lipinski definition) is 1. The molecule has 80 valence electrons. The molecule has 0 spiro atoms. The Labute approximate surface area is 83.5 Å². The van der Waals surface area contributed by atoms with Crippen LogP contribution in [-0.4, -0.2) is 11.2 Å². The minimum absolute atomic E-state index is 0.0885. The van der Waals surface area contributed by atoms with Crippen LogP contribution in [-0.2, 0) is 0 Å². The molecular weight excluding hydrogens is 160 g/mol. The molecule has 13 heavy (non-hydrogen) atoms. The summed E-state index contributed by atoms with van der Waals surface area (Å²) >= 11 is 0. The maximum absolute atomic E-state index is 9.58. The molecule has 0 aliphatic heterocycles. The van der Waals surface area contributed by atoms with Crippen LogP contribution in [0.4, 0.5) is 0 Å². The Balaban J connectivity index is 0.000000671. The monoisotopic (exact) mass is 186 g/mol. The third-order valence-electron chi connectivity index (χ3n) is 4.06. The van der Waals surface area contributed by atoms with E-state index < -0.39 is 0 Å². The Kier molecular flexibility index (Phi) is 4.44. The molecule has 1 rings (SSSR count). The Morgan fingerprint density at radius 1 is 1.23 bits per heavy atom. The second-order valence-electron chi connectivity index (χ2n) is 4.81. The van der Waals surface area contributed by atoms with Crippen molar-refractivity contribution in [3.05, 3.63) is 0 Å². The molecule has 0 saturated heterocycles. The van der Waals surface area contributed by atoms with Gasteiger partial charge in [0.2, 0.25) is 0 Å². The van der Waals surface area contributed by atoms with Gasteiger partial charge in [-0.05, 0) is 30.6 Å². The lowest BCUT2D eigenvalue weighted by Crippen LogP contribution is -2.47. The lowest BCUT2D eigenvalue weighted by molar-refractivity contribution is -0.0787. The number of rotatable bonds is 2. The van der Waals surface area contributed by atoms with Crippen molar-refractivity contribution in [3.63, 3.8) is 0 Å². The summed E-state index contributed by atoms with van der Waals surface area (Å²) in [6.07, 6.45) is 3.72. The first-order chi connectivity index (χ1) is 5.90. The third-order valence-corrected chi connectivity index (χ3v) is 4.06. The second kappa shape index (κ2) is 4.45. The SMILES string of the molecule is CC.C[C@H](O)C(C)(C)C1(C)CCC1. The van der Waals surface area contributed by atoms with E-state index in [1.54, 1.807) is 0 Å². The van der Waals surface area contributed by atoms with E-state index in [1.165, 1.54) is 19.3 Å². The quantitative estimate of drug-likeness (QED) is 0.698. The molecule has 1 nitrogen and oxygen atoms in total. The molecule has 0 aromatic carbocycles. The standard InChI is InChI=1S/C10H20O.C2H6/c1-8(11)9(2,3)10(4)6-5-7-10;1-2/h8,11H,5-7H2,1-4H3;1-2H3/t8-;/m0./s1. The van der Waals surface area contributed by atoms with Gasteiger partial charge in [-0.1, -0.05) is 41.0 Å². The van der Waals surface area contributed by atoms with Gasteiger partial charge >= 0.3 is 0 Å². The molecule has 1 heteroatoms. The van der Waals surface area contributed by atoms with Crippen molar-refractivity contribution in [1.29, 1.82) is 0 Å². The van der Waals surface area contributed by atoms with Gasteiger partial charge in [0, 0.05) is 0 Å². The van der Waals surface area contributed by atoms with E-state index in [0.29, 0.717) is 5.41 Å². The molecule has 1 atom stereocenters. The Bertz CT molecular complexity index is 143. The largest absolute Gasteiger partial charge is 0.393 e. The van der Waals surface area contributed by atoms with Crippen LogP contribution in [0.2, 0.25) is 0 Å². The van der Waals surface area contributed by atoms with E-state index in [1.807, 2.05) is 20.8 Å². The topological polar surface area (TPSA) is 20.2 Å². The van der Waals surface area contributed by atoms with Crippen LogP contribution in [0.5, 0.6) is 0 Å². The van der Waals surface area contributed by atoms with Gasteiger partial charge in [0.1, 0.15) is 0 Å². The van der Waals surface area contributed by atoms with E-state index in [4.69, 9.17) is 0 Å². The first-order valence-electron chi connectivity index (χ1n) is 5.58. The third kappa shape index (κ3) is 2.25. The summed E-state index contributed by atoms with van der Waals surface area (Å²) in [6, 6.07) is 0. The molecule has 1 fully saturated rings. The highest BCUT2D eigenvalue weighted by atomic mass is 16.3. The summed E-state index contributed by atoms with van der Waals surface area (Å²) in [4.78, 5) is 0. The minimum Gasteiger partial charge on any atom is -0.393 e. The smallest absolute Gasteiger partial charge is 0.0568 e. The zero-order chi connectivity index (χ0) is 10.7. The predicted molar refractivity (Wildman–Crippen MR) is 58.8 cm³/mol. The highest BCUT2D eigenvalue weighted by Crippen LogP contribution is 2.54. The lowest BCUT2D eigenvalue weighted by atomic mass is 9.54. The predicted octanol–water partition coefficient (Wildman–Crippen LogP) is 3.61. The Hall–Kier alpha value is -0.0400. The Morgan fingerprint density at radius 3 is 1.69 bits per heavy atom. The van der Waals surface area contributed by atoms with Gasteiger partial charge in [-0.3, -0.25) is 0 Å². The molecular formula is C12H26O. The van der Waals surface area contributed by atoms with E-state index in [2.05, 4.69) is 20.8 Å². The molecule has 1 aliphatic carbocycles. The number of aliphatic hydroxyl groups is 1. The zero-order valence-electron chi connectivity index (χ0n) is 10.1. The molecule has 1 N–H and O–H groups in total. The molecule has 1 aliphatic rings. The summed E-state index contributed by atoms with van der Waals surface area (Å²) in [5.74, 6) is 0. The highest BCUT2D eigenvalue weighted by Gasteiger charge is 2.47. The van der Waals surface area contributed by atoms with Crippen molar-refractivity contribution in [3.8, 4) is 0 Å². The van der Waals surface area contributed by atoms with Crippen molar-refractivity contribution in [2.24, 2.45) is 10.8 Å². The van der Waals surface area contributed by atoms with Crippen LogP contribution < -0.4 is 0 Å². The maximum atomic E-state index is 9.58. The summed E-state index contributed by atoms with van der Waals surface area (Å²) in [5, 5.41) is 9.58. The van der Waals surface area contributed by atoms with Gasteiger partial charge in [-0.15, -0.1) is 0 Å². The first-order valence-corrected chi connectivity index (χ1v) is 5.58. The van der Waals surface area contributed by atoms with Crippen molar-refractivity contribution in [2.45, 2.75) is 66.9 Å². The fourth-order valence-electron chi connectivity index (χ4n) is 1.86. The summed E-state index contributed by atoms with van der Waals surface area (Å²) in [6.45, 7) is 12.6. The zero-order valence-corrected chi connectivity index (χ0v) is 10.1. The van der Waals surface area contributed by atoms with E-state index in [0.717, 1.165) is 0 Å². The van der Waals surface area contributed by atoms with Crippen molar-refractivity contribution in [2.75, 3.05) is 0 Å². The molecule has 0 aromatic rings. The molecule has 1 saturated carbocycles. The van der Waals surface area contributed by atoms with Gasteiger partial charge < -0.3 is 5.11 Å². The van der Waals surface area contributed by atoms with Crippen molar-refractivity contribution >= 4 is 0 Å². The average Bonchev–Trinajstić information content (AvgIpc) is 2.03. The highest BCUT2D eigenvalue weighted by molar-refractivity contribution is 4.97. The molecule has 0 aromatic heterocycles. The number of hydrogen-bond acceptors (Lipinski definition) is 1. The Morgan fingerprint density at radius 2 is 1.62 bits per heavy atom. The number of aliphatic hydroxyl groups excluding tert-OH is 1. The van der Waals surface area contributed by atoms with E-state index in [9.17, 15) is 5.11 Å². The minimum atomic E-state index is -0.187. The van der Waals surface area contributed by atoms with E-state index in [-0.39, 0.29) is 11.5 Å². The van der Waals surface area contributed by atoms with Gasteiger partial charge in [0.05, 0.1) is 6.10 Å². The van der Waals surface area contributed by atoms with Crippen LogP contribution in [0, 0.1) is 10.8 Å². The molecule has 0 heterocycles. The summed E-state index contributed by atoms with van der Waals surface area (Å²) < 4.78 is 0. The first kappa shape index (κ1) is 13.0. The summed E-state index contributed by atoms with van der Waals surface area (Å²) in [5.41, 5.74) is 0.479. The van der Waals surface area contributed by atoms with Gasteiger partial charge in [0.25, 0.3) is 0 Å². The normalized spacial score (nSPS) is 22.4. The van der Waals surface area contributed by atoms with Crippen LogP contribution >= 0.6 is 0 Å². The molecule has 0 amide bonds. The summed E-state index contributed by atoms with van der Waals surface area (Å²) in [7, 11) is 0. The van der Waals surface area contributed by atoms with Crippen molar-refractivity contribution < 1.29 is 5.11 Å². The van der Waals surface area contributed by atoms with Crippen LogP contribution in [0.1, 0.15) is 60.8 Å². The van der Waals surface area contributed by atoms with Crippen LogP contribution in [0.15, 0.2) is 0 Å². The van der Waals surface area contributed by atoms with Crippen molar-refractivity contribution in [1.82, 2.24) is 0 Å². The fraction of sp³-hybridized carbons (Fsp3) is 1.00. The van der Waals surface area contributed by atoms with Gasteiger partial charge in [-0.2, -0.15) is 0 Å². The van der Waals surface area contributed by atoms with Crippen LogP contribution in [0.25, 0.3) is 0 Å². The van der Waals surface area contributed by atoms with Gasteiger partial charge in [-0.25, -0.2) is 0 Å².